The van der Waals surface area contributed by atoms with Gasteiger partial charge in [0.2, 0.25) is 0 Å². The predicted molar refractivity (Wildman–Crippen MR) is 71.3 cm³/mol. The van der Waals surface area contributed by atoms with Crippen molar-refractivity contribution in [1.29, 1.82) is 0 Å². The highest BCUT2D eigenvalue weighted by atomic mass is 127. The summed E-state index contributed by atoms with van der Waals surface area (Å²) in [7, 11) is 0. The first kappa shape index (κ1) is 10.3. The zero-order valence-electron chi connectivity index (χ0n) is 8.04. The third-order valence-corrected chi connectivity index (χ3v) is 5.03. The molecule has 1 aromatic rings. The molecular weight excluding hydrogens is 370 g/mol. The van der Waals surface area contributed by atoms with Gasteiger partial charge in [0.15, 0.2) is 0 Å². The smallest absolute Gasteiger partial charge is 0.139 e. The van der Waals surface area contributed by atoms with Crippen molar-refractivity contribution >= 4 is 44.1 Å². The van der Waals surface area contributed by atoms with E-state index in [2.05, 4.69) is 38.5 Å². The molecule has 78 valence electrons. The summed E-state index contributed by atoms with van der Waals surface area (Å²) in [5, 5.41) is 0. The van der Waals surface area contributed by atoms with Gasteiger partial charge in [-0.05, 0) is 87.0 Å². The van der Waals surface area contributed by atoms with Gasteiger partial charge in [0, 0.05) is 3.57 Å². The zero-order valence-corrected chi connectivity index (χ0v) is 11.8. The Hall–Kier alpha value is 0.1000. The van der Waals surface area contributed by atoms with Crippen molar-refractivity contribution in [2.75, 3.05) is 0 Å². The average molecular weight is 379 g/mol. The highest BCUT2D eigenvalue weighted by Crippen LogP contribution is 2.47. The molecule has 1 aromatic carbocycles. The van der Waals surface area contributed by atoms with Crippen molar-refractivity contribution in [3.63, 3.8) is 0 Å². The summed E-state index contributed by atoms with van der Waals surface area (Å²) in [6, 6.07) is 1.63. The second-order valence-electron chi connectivity index (χ2n) is 4.12. The molecule has 0 spiro atoms. The van der Waals surface area contributed by atoms with Gasteiger partial charge in [0.1, 0.15) is 5.82 Å². The van der Waals surface area contributed by atoms with Crippen LogP contribution in [-0.4, -0.2) is 0 Å². The van der Waals surface area contributed by atoms with Crippen molar-refractivity contribution in [2.24, 2.45) is 0 Å². The molecule has 0 amide bonds. The van der Waals surface area contributed by atoms with Crippen LogP contribution in [0, 0.1) is 9.39 Å². The summed E-state index contributed by atoms with van der Waals surface area (Å²) in [5.41, 5.74) is 5.43. The third-order valence-electron chi connectivity index (χ3n) is 3.30. The maximum atomic E-state index is 13.6. The van der Waals surface area contributed by atoms with E-state index in [4.69, 9.17) is 0 Å². The summed E-state index contributed by atoms with van der Waals surface area (Å²) < 4.78 is 15.4. The standard InChI is InChI=1S/C12H9BrFI/c13-12-9(14)5-10(15)8-4-6-2-1-3-7(6)11(8)12/h5H,1-4H2. The zero-order chi connectivity index (χ0) is 10.6. The fourth-order valence-corrected chi connectivity index (χ4v) is 3.96. The first-order valence-electron chi connectivity index (χ1n) is 5.06. The van der Waals surface area contributed by atoms with E-state index in [-0.39, 0.29) is 5.82 Å². The molecule has 0 atom stereocenters. The van der Waals surface area contributed by atoms with Crippen molar-refractivity contribution in [3.8, 4) is 0 Å². The molecule has 0 N–H and O–H groups in total. The van der Waals surface area contributed by atoms with Crippen LogP contribution in [0.2, 0.25) is 0 Å². The first-order valence-corrected chi connectivity index (χ1v) is 6.93. The Bertz CT molecular complexity index is 491. The molecule has 3 heteroatoms. The Morgan fingerprint density at radius 3 is 2.93 bits per heavy atom. The van der Waals surface area contributed by atoms with Crippen molar-refractivity contribution in [1.82, 2.24) is 0 Å². The van der Waals surface area contributed by atoms with Gasteiger partial charge in [0.25, 0.3) is 0 Å². The predicted octanol–water partition coefficient (Wildman–Crippen LogP) is 4.69. The van der Waals surface area contributed by atoms with Gasteiger partial charge in [-0.15, -0.1) is 0 Å². The van der Waals surface area contributed by atoms with Gasteiger partial charge in [-0.2, -0.15) is 0 Å². The molecule has 2 aliphatic rings. The van der Waals surface area contributed by atoms with E-state index in [1.807, 2.05) is 0 Å². The molecule has 2 aliphatic carbocycles. The second kappa shape index (κ2) is 3.55. The number of benzene rings is 1. The molecule has 0 unspecified atom stereocenters. The summed E-state index contributed by atoms with van der Waals surface area (Å²) in [5.74, 6) is -0.126. The molecular formula is C12H9BrFI. The maximum Gasteiger partial charge on any atom is 0.139 e. The average Bonchev–Trinajstić information content (AvgIpc) is 2.72. The molecule has 3 rings (SSSR count). The van der Waals surface area contributed by atoms with Crippen molar-refractivity contribution < 1.29 is 4.39 Å². The van der Waals surface area contributed by atoms with Crippen LogP contribution in [-0.2, 0) is 6.42 Å². The van der Waals surface area contributed by atoms with Crippen LogP contribution in [0.3, 0.4) is 0 Å². The normalized spacial score (nSPS) is 18.3. The second-order valence-corrected chi connectivity index (χ2v) is 6.08. The minimum absolute atomic E-state index is 0.126. The van der Waals surface area contributed by atoms with Crippen LogP contribution < -0.4 is 0 Å². The molecule has 15 heavy (non-hydrogen) atoms. The molecule has 0 radical (unpaired) electrons. The Morgan fingerprint density at radius 2 is 2.13 bits per heavy atom. The van der Waals surface area contributed by atoms with Crippen LogP contribution >= 0.6 is 38.5 Å². The number of hydrogen-bond donors (Lipinski definition) is 0. The number of rotatable bonds is 0. The van der Waals surface area contributed by atoms with E-state index in [9.17, 15) is 4.39 Å². The minimum Gasteiger partial charge on any atom is -0.206 e. The van der Waals surface area contributed by atoms with E-state index in [0.717, 1.165) is 22.0 Å². The van der Waals surface area contributed by atoms with Crippen LogP contribution in [0.15, 0.2) is 16.1 Å². The van der Waals surface area contributed by atoms with Gasteiger partial charge in [-0.3, -0.25) is 0 Å². The van der Waals surface area contributed by atoms with Crippen LogP contribution in [0.1, 0.15) is 30.4 Å². The number of halogens is 3. The van der Waals surface area contributed by atoms with E-state index in [1.54, 1.807) is 6.07 Å². The first-order chi connectivity index (χ1) is 7.18. The Kier molecular flexibility index (Phi) is 2.43. The number of hydrogen-bond acceptors (Lipinski definition) is 0. The van der Waals surface area contributed by atoms with Crippen molar-refractivity contribution in [3.05, 3.63) is 36.6 Å². The lowest BCUT2D eigenvalue weighted by Gasteiger charge is -2.10. The van der Waals surface area contributed by atoms with E-state index >= 15 is 0 Å². The van der Waals surface area contributed by atoms with Crippen LogP contribution in [0.5, 0.6) is 0 Å². The lowest BCUT2D eigenvalue weighted by Crippen LogP contribution is -1.95. The third kappa shape index (κ3) is 1.42. The molecule has 0 aromatic heterocycles. The van der Waals surface area contributed by atoms with E-state index in [1.165, 1.54) is 29.6 Å². The van der Waals surface area contributed by atoms with Gasteiger partial charge >= 0.3 is 0 Å². The molecule has 0 saturated carbocycles. The molecule has 0 nitrogen and oxygen atoms in total. The summed E-state index contributed by atoms with van der Waals surface area (Å²) in [4.78, 5) is 0. The minimum atomic E-state index is -0.126. The maximum absolute atomic E-state index is 13.6. The summed E-state index contributed by atoms with van der Waals surface area (Å²) in [6.45, 7) is 0. The van der Waals surface area contributed by atoms with E-state index < -0.39 is 0 Å². The Morgan fingerprint density at radius 1 is 1.33 bits per heavy atom. The Balaban J connectivity index is 2.28. The quantitative estimate of drug-likeness (QED) is 0.454. The molecule has 0 heterocycles. The molecule has 0 aliphatic heterocycles. The Labute approximate surface area is 110 Å². The highest BCUT2D eigenvalue weighted by molar-refractivity contribution is 14.1. The van der Waals surface area contributed by atoms with Crippen molar-refractivity contribution in [2.45, 2.75) is 25.7 Å². The monoisotopic (exact) mass is 378 g/mol. The van der Waals surface area contributed by atoms with Gasteiger partial charge in [-0.25, -0.2) is 4.39 Å². The van der Waals surface area contributed by atoms with Crippen LogP contribution in [0.25, 0.3) is 5.57 Å². The number of allylic oxidation sites excluding steroid dienone is 2. The lowest BCUT2D eigenvalue weighted by atomic mass is 10.0. The van der Waals surface area contributed by atoms with Crippen LogP contribution in [0.4, 0.5) is 4.39 Å². The van der Waals surface area contributed by atoms with Gasteiger partial charge in [0.05, 0.1) is 4.47 Å². The lowest BCUT2D eigenvalue weighted by molar-refractivity contribution is 0.618. The molecule has 0 saturated heterocycles. The topological polar surface area (TPSA) is 0 Å². The number of fused-ring (bicyclic) bond motifs is 2. The molecule has 0 fully saturated rings. The molecule has 0 bridgehead atoms. The van der Waals surface area contributed by atoms with E-state index in [0.29, 0.717) is 4.47 Å². The van der Waals surface area contributed by atoms with Gasteiger partial charge < -0.3 is 0 Å². The highest BCUT2D eigenvalue weighted by Gasteiger charge is 2.29. The SMILES string of the molecule is Fc1cc(I)c2c(c1Br)C1=C(CCC1)C2. The summed E-state index contributed by atoms with van der Waals surface area (Å²) >= 11 is 5.63. The fourth-order valence-electron chi connectivity index (χ4n) is 2.64. The summed E-state index contributed by atoms with van der Waals surface area (Å²) in [6.07, 6.45) is 4.61. The van der Waals surface area contributed by atoms with Gasteiger partial charge in [-0.1, -0.05) is 5.57 Å². The largest absolute Gasteiger partial charge is 0.206 e. The fraction of sp³-hybridized carbons (Fsp3) is 0.333.